The first-order valence-corrected chi connectivity index (χ1v) is 21.7. The smallest absolute Gasteiger partial charge is 0.344 e. The highest BCUT2D eigenvalue weighted by atomic mass is 31.2. The van der Waals surface area contributed by atoms with Crippen LogP contribution >= 0.6 is 7.60 Å². The average Bonchev–Trinajstić information content (AvgIpc) is 3.03. The Bertz CT molecular complexity index is 724. The van der Waals surface area contributed by atoms with Gasteiger partial charge in [0.2, 0.25) is 0 Å². The number of rotatable bonds is 38. The standard InChI is InChI=1S/C40H78NO5P/c1-4-6-8-10-12-14-16-18-20-22-24-26-28-30-32-34-36-45-47(44,39-41(3)38-40(42)43)46-37-35-33-31-29-27-25-23-21-19-17-15-13-11-9-7-5-2/h18-21H,4-17,22-39H2,1-3H3,(H,42,43)/b20-18-,21-19-. The van der Waals surface area contributed by atoms with Gasteiger partial charge in [0.1, 0.15) is 6.29 Å². The van der Waals surface area contributed by atoms with Crippen molar-refractivity contribution >= 4 is 13.6 Å². The lowest BCUT2D eigenvalue weighted by atomic mass is 10.1. The molecule has 7 heteroatoms. The van der Waals surface area contributed by atoms with Crippen LogP contribution in [0.4, 0.5) is 0 Å². The number of hydrogen-bond acceptors (Lipinski definition) is 5. The molecule has 0 aliphatic rings. The topological polar surface area (TPSA) is 76.1 Å². The largest absolute Gasteiger partial charge is 0.480 e. The van der Waals surface area contributed by atoms with Crippen molar-refractivity contribution in [2.45, 2.75) is 194 Å². The summed E-state index contributed by atoms with van der Waals surface area (Å²) in [4.78, 5) is 12.6. The second-order valence-corrected chi connectivity index (χ2v) is 15.7. The molecule has 0 aliphatic heterocycles. The van der Waals surface area contributed by atoms with E-state index in [1.54, 1.807) is 7.05 Å². The Labute approximate surface area is 292 Å². The Morgan fingerprint density at radius 1 is 0.532 bits per heavy atom. The molecule has 0 radical (unpaired) electrons. The predicted molar refractivity (Wildman–Crippen MR) is 204 cm³/mol. The number of nitrogens with zero attached hydrogens (tertiary/aromatic N) is 1. The van der Waals surface area contributed by atoms with Crippen LogP contribution in [-0.2, 0) is 18.4 Å². The van der Waals surface area contributed by atoms with Gasteiger partial charge in [0.05, 0.1) is 19.8 Å². The molecule has 0 saturated heterocycles. The maximum absolute atomic E-state index is 13.4. The van der Waals surface area contributed by atoms with E-state index >= 15 is 0 Å². The molecule has 1 N–H and O–H groups in total. The van der Waals surface area contributed by atoms with Gasteiger partial charge in [0, 0.05) is 0 Å². The Balaban J connectivity index is 3.95. The molecule has 0 aromatic heterocycles. The van der Waals surface area contributed by atoms with E-state index in [4.69, 9.17) is 14.2 Å². The molecule has 0 bridgehead atoms. The van der Waals surface area contributed by atoms with Crippen LogP contribution in [0.2, 0.25) is 0 Å². The van der Waals surface area contributed by atoms with Crippen molar-refractivity contribution in [3.8, 4) is 0 Å². The third-order valence-corrected chi connectivity index (χ3v) is 10.7. The van der Waals surface area contributed by atoms with Crippen LogP contribution in [-0.4, -0.2) is 49.1 Å². The fraction of sp³-hybridized carbons (Fsp3) is 0.875. The number of aliphatic carboxylic acids is 1. The number of allylic oxidation sites excluding steroid dienone is 4. The molecule has 0 rings (SSSR count). The van der Waals surface area contributed by atoms with E-state index in [0.29, 0.717) is 13.2 Å². The van der Waals surface area contributed by atoms with Crippen molar-refractivity contribution in [2.75, 3.05) is 33.1 Å². The summed E-state index contributed by atoms with van der Waals surface area (Å²) in [6, 6.07) is 0. The molecule has 0 heterocycles. The average molecular weight is 684 g/mol. The summed E-state index contributed by atoms with van der Waals surface area (Å²) < 4.78 is 25.1. The minimum atomic E-state index is -3.36. The normalized spacial score (nSPS) is 12.3. The molecule has 0 spiro atoms. The third kappa shape index (κ3) is 36.2. The number of unbranched alkanes of at least 4 members (excludes halogenated alkanes) is 24. The first kappa shape index (κ1) is 46.1. The first-order chi connectivity index (χ1) is 22.9. The quantitative estimate of drug-likeness (QED) is 0.0396. The molecule has 47 heavy (non-hydrogen) atoms. The summed E-state index contributed by atoms with van der Waals surface area (Å²) in [7, 11) is -1.71. The van der Waals surface area contributed by atoms with Crippen LogP contribution < -0.4 is 0 Å². The van der Waals surface area contributed by atoms with Gasteiger partial charge >= 0.3 is 13.6 Å². The molecule has 0 aromatic carbocycles. The van der Waals surface area contributed by atoms with Gasteiger partial charge in [-0.2, -0.15) is 0 Å². The van der Waals surface area contributed by atoms with Gasteiger partial charge in [0.15, 0.2) is 0 Å². The minimum absolute atomic E-state index is 0.0120. The molecule has 0 saturated carbocycles. The zero-order valence-electron chi connectivity index (χ0n) is 31.4. The molecule has 278 valence electrons. The first-order valence-electron chi connectivity index (χ1n) is 20.0. The monoisotopic (exact) mass is 684 g/mol. The van der Waals surface area contributed by atoms with Crippen LogP contribution in [0.5, 0.6) is 0 Å². The van der Waals surface area contributed by atoms with Crippen molar-refractivity contribution in [1.82, 2.24) is 4.90 Å². The van der Waals surface area contributed by atoms with E-state index in [-0.39, 0.29) is 12.8 Å². The third-order valence-electron chi connectivity index (χ3n) is 8.71. The fourth-order valence-electron chi connectivity index (χ4n) is 5.80. The summed E-state index contributed by atoms with van der Waals surface area (Å²) in [6.45, 7) is 5.14. The summed E-state index contributed by atoms with van der Waals surface area (Å²) in [5.74, 6) is -0.944. The SMILES string of the molecule is CCCCCCCC/C=C\CCCCCCCCOP(=O)(CN(C)CC(=O)O)OCCCCCCCC/C=C\CCCCCCCC. The number of carbonyl (C=O) groups is 1. The van der Waals surface area contributed by atoms with Crippen LogP contribution in [0.15, 0.2) is 24.3 Å². The number of hydrogen-bond donors (Lipinski definition) is 1. The molecule has 0 fully saturated rings. The molecule has 0 unspecified atom stereocenters. The van der Waals surface area contributed by atoms with Gasteiger partial charge in [0.25, 0.3) is 0 Å². The molecule has 0 aliphatic carbocycles. The van der Waals surface area contributed by atoms with Crippen molar-refractivity contribution in [3.63, 3.8) is 0 Å². The summed E-state index contributed by atoms with van der Waals surface area (Å²) in [5, 5.41) is 9.12. The van der Waals surface area contributed by atoms with Crippen LogP contribution in [0.3, 0.4) is 0 Å². The van der Waals surface area contributed by atoms with E-state index in [9.17, 15) is 9.36 Å². The minimum Gasteiger partial charge on any atom is -0.480 e. The van der Waals surface area contributed by atoms with Gasteiger partial charge < -0.3 is 14.2 Å². The highest BCUT2D eigenvalue weighted by molar-refractivity contribution is 7.53. The van der Waals surface area contributed by atoms with Gasteiger partial charge in [-0.25, -0.2) is 0 Å². The maximum atomic E-state index is 13.4. The Hall–Kier alpha value is -0.940. The Morgan fingerprint density at radius 2 is 0.830 bits per heavy atom. The zero-order valence-corrected chi connectivity index (χ0v) is 32.3. The van der Waals surface area contributed by atoms with Crippen LogP contribution in [0.25, 0.3) is 0 Å². The highest BCUT2D eigenvalue weighted by Gasteiger charge is 2.27. The molecule has 0 aromatic rings. The van der Waals surface area contributed by atoms with E-state index in [1.807, 2.05) is 0 Å². The predicted octanol–water partition coefficient (Wildman–Crippen LogP) is 13.3. The van der Waals surface area contributed by atoms with Crippen molar-refractivity contribution in [3.05, 3.63) is 24.3 Å². The van der Waals surface area contributed by atoms with Crippen LogP contribution in [0, 0.1) is 0 Å². The number of carboxylic acids is 1. The summed E-state index contributed by atoms with van der Waals surface area (Å²) >= 11 is 0. The molecule has 0 atom stereocenters. The van der Waals surface area contributed by atoms with Crippen molar-refractivity contribution < 1.29 is 23.5 Å². The van der Waals surface area contributed by atoms with E-state index in [1.165, 1.54) is 146 Å². The Kier molecular flexibility index (Phi) is 35.6. The summed E-state index contributed by atoms with van der Waals surface area (Å²) in [5.41, 5.74) is 0. The van der Waals surface area contributed by atoms with E-state index in [0.717, 1.165) is 38.5 Å². The Morgan fingerprint density at radius 3 is 1.15 bits per heavy atom. The second kappa shape index (κ2) is 36.3. The lowest BCUT2D eigenvalue weighted by Gasteiger charge is -2.23. The molecular formula is C40H78NO5P. The number of likely N-dealkylation sites (N-methyl/N-ethyl adjacent to an activating group) is 1. The lowest BCUT2D eigenvalue weighted by molar-refractivity contribution is -0.137. The molecular weight excluding hydrogens is 605 g/mol. The maximum Gasteiger partial charge on any atom is 0.344 e. The van der Waals surface area contributed by atoms with Gasteiger partial charge in [-0.05, 0) is 71.3 Å². The molecule has 0 amide bonds. The number of carboxylic acid groups (broad SMARTS) is 1. The molecule has 6 nitrogen and oxygen atoms in total. The van der Waals surface area contributed by atoms with Gasteiger partial charge in [-0.1, -0.05) is 154 Å². The highest BCUT2D eigenvalue weighted by Crippen LogP contribution is 2.48. The van der Waals surface area contributed by atoms with E-state index in [2.05, 4.69) is 38.2 Å². The lowest BCUT2D eigenvalue weighted by Crippen LogP contribution is -2.27. The fourth-order valence-corrected chi connectivity index (χ4v) is 7.55. The van der Waals surface area contributed by atoms with Gasteiger partial charge in [-0.3, -0.25) is 14.3 Å². The van der Waals surface area contributed by atoms with Crippen LogP contribution in [0.1, 0.15) is 194 Å². The van der Waals surface area contributed by atoms with Gasteiger partial charge in [-0.15, -0.1) is 0 Å². The van der Waals surface area contributed by atoms with Crippen molar-refractivity contribution in [2.24, 2.45) is 0 Å². The summed E-state index contributed by atoms with van der Waals surface area (Å²) in [6.07, 6.45) is 44.2. The zero-order chi connectivity index (χ0) is 34.5. The second-order valence-electron chi connectivity index (χ2n) is 13.7. The van der Waals surface area contributed by atoms with Crippen molar-refractivity contribution in [1.29, 1.82) is 0 Å². The van der Waals surface area contributed by atoms with E-state index < -0.39 is 13.6 Å².